The lowest BCUT2D eigenvalue weighted by molar-refractivity contribution is 0.0588. The van der Waals surface area contributed by atoms with E-state index in [2.05, 4.69) is 36.5 Å². The van der Waals surface area contributed by atoms with Crippen LogP contribution in [0.25, 0.3) is 49.8 Å². The zero-order chi connectivity index (χ0) is 34.9. The number of halogens is 1. The third kappa shape index (κ3) is 4.71. The van der Waals surface area contributed by atoms with Gasteiger partial charge in [-0.2, -0.15) is 15.5 Å². The van der Waals surface area contributed by atoms with Crippen molar-refractivity contribution in [3.63, 3.8) is 0 Å². The lowest BCUT2D eigenvalue weighted by Gasteiger charge is -2.25. The van der Waals surface area contributed by atoms with Gasteiger partial charge in [-0.05, 0) is 52.0 Å². The van der Waals surface area contributed by atoms with Gasteiger partial charge in [-0.1, -0.05) is 0 Å². The van der Waals surface area contributed by atoms with E-state index in [-0.39, 0.29) is 49.4 Å². The Labute approximate surface area is 258 Å². The molecule has 228 valence electrons. The Hall–Kier alpha value is -5.75. The van der Waals surface area contributed by atoms with Gasteiger partial charge in [0.2, 0.25) is 0 Å². The van der Waals surface area contributed by atoms with Crippen LogP contribution in [0.3, 0.4) is 0 Å². The number of nitrogens with one attached hydrogen (secondary N) is 1. The second-order valence-corrected chi connectivity index (χ2v) is 11.2. The van der Waals surface area contributed by atoms with Crippen LogP contribution in [0.4, 0.5) is 15.0 Å². The fourth-order valence-electron chi connectivity index (χ4n) is 5.25. The van der Waals surface area contributed by atoms with E-state index >= 15 is 4.39 Å². The number of aliphatic hydroxyl groups is 1. The number of anilines is 1. The fraction of sp³-hybridized carbons (Fsp3) is 0.267. The molecule has 0 aliphatic heterocycles. The van der Waals surface area contributed by atoms with Crippen molar-refractivity contribution in [1.29, 1.82) is 5.26 Å². The maximum absolute atomic E-state index is 16.3. The molecule has 6 rings (SSSR count). The molecular weight excluding hydrogens is 583 g/mol. The normalized spacial score (nSPS) is 13.1. The Morgan fingerprint density at radius 2 is 2.04 bits per heavy atom. The monoisotopic (exact) mass is 613 g/mol. The van der Waals surface area contributed by atoms with Crippen molar-refractivity contribution in [2.24, 2.45) is 7.05 Å². The number of H-pyrrole nitrogens is 1. The van der Waals surface area contributed by atoms with E-state index in [0.29, 0.717) is 22.4 Å². The highest BCUT2D eigenvalue weighted by Gasteiger charge is 2.28. The molecule has 1 amide bonds. The number of aromatic amines is 1. The number of pyridine rings is 2. The number of carbonyl (C=O) groups is 1. The summed E-state index contributed by atoms with van der Waals surface area (Å²) in [5.41, 5.74) is -1.37. The minimum absolute atomic E-state index is 0.0428. The van der Waals surface area contributed by atoms with E-state index in [1.165, 1.54) is 50.8 Å². The molecule has 0 saturated heterocycles. The number of nitrogens with zero attached hydrogens (tertiary/aromatic N) is 9. The first-order valence-electron chi connectivity index (χ1n) is 15.0. The highest BCUT2D eigenvalue weighted by molar-refractivity contribution is 6.02. The number of hydrogen-bond acceptors (Lipinski definition) is 10. The van der Waals surface area contributed by atoms with Crippen LogP contribution in [-0.2, 0) is 18.4 Å². The number of aromatic nitrogens is 8. The van der Waals surface area contributed by atoms with E-state index in [9.17, 15) is 20.0 Å². The van der Waals surface area contributed by atoms with Gasteiger partial charge in [-0.3, -0.25) is 18.8 Å². The van der Waals surface area contributed by atoms with Crippen LogP contribution < -0.4 is 10.5 Å². The van der Waals surface area contributed by atoms with Gasteiger partial charge in [0.15, 0.2) is 11.5 Å². The highest BCUT2D eigenvalue weighted by atomic mass is 19.1. The zero-order valence-corrected chi connectivity index (χ0v) is 24.7. The largest absolute Gasteiger partial charge is 0.443 e. The van der Waals surface area contributed by atoms with E-state index in [1.54, 1.807) is 23.5 Å². The molecule has 0 fully saturated rings. The van der Waals surface area contributed by atoms with Gasteiger partial charge in [0.1, 0.15) is 23.3 Å². The standard InChI is InChI=1S/C30H27FN10O4/c1-14-35-37-23-8-7-15-17(11-32)24(19(31)10-22(15)41(14)23)26-18(12-33-40(26)6)20-9-16-21(13-42)36-38-28(43)25(16)27(34-20)39(5)29(44)45-30(2,3)4/h7-10,12,42H,13H2,1-6H3,(H,38,43)/i5D3. The summed E-state index contributed by atoms with van der Waals surface area (Å²) in [6, 6.07) is 7.97. The van der Waals surface area contributed by atoms with Crippen molar-refractivity contribution in [1.82, 2.24) is 39.6 Å². The third-order valence-corrected chi connectivity index (χ3v) is 7.12. The summed E-state index contributed by atoms with van der Waals surface area (Å²) < 4.78 is 49.3. The first-order chi connectivity index (χ1) is 22.6. The molecule has 6 aromatic rings. The lowest BCUT2D eigenvalue weighted by atomic mass is 9.95. The zero-order valence-electron chi connectivity index (χ0n) is 27.7. The van der Waals surface area contributed by atoms with Gasteiger partial charge in [-0.15, -0.1) is 10.2 Å². The molecule has 45 heavy (non-hydrogen) atoms. The van der Waals surface area contributed by atoms with Gasteiger partial charge in [0, 0.05) is 34.5 Å². The number of carbonyl (C=O) groups excluding carboxylic acids is 1. The third-order valence-electron chi connectivity index (χ3n) is 7.12. The van der Waals surface area contributed by atoms with Gasteiger partial charge < -0.3 is 9.84 Å². The SMILES string of the molecule is [2H]C([2H])([2H])N(C(=O)OC(C)(C)C)c1nc(-c2cnn(C)c2-c2c(F)cc3c(ccc4nnc(C)n43)c2C#N)cc2c(CO)n[nH]c(=O)c12. The van der Waals surface area contributed by atoms with E-state index in [1.807, 2.05) is 0 Å². The van der Waals surface area contributed by atoms with Gasteiger partial charge in [-0.25, -0.2) is 19.3 Å². The Bertz CT molecular complexity index is 2400. The van der Waals surface area contributed by atoms with Crippen molar-refractivity contribution in [2.45, 2.75) is 39.9 Å². The van der Waals surface area contributed by atoms with Crippen LogP contribution in [0.5, 0.6) is 0 Å². The predicted octanol–water partition coefficient (Wildman–Crippen LogP) is 3.76. The summed E-state index contributed by atoms with van der Waals surface area (Å²) in [7, 11) is 1.51. The summed E-state index contributed by atoms with van der Waals surface area (Å²) >= 11 is 0. The van der Waals surface area contributed by atoms with Crippen LogP contribution >= 0.6 is 0 Å². The minimum Gasteiger partial charge on any atom is -0.443 e. The summed E-state index contributed by atoms with van der Waals surface area (Å²) in [6.45, 7) is 2.40. The Kier molecular flexibility index (Phi) is 5.98. The Morgan fingerprint density at radius 1 is 1.27 bits per heavy atom. The molecule has 5 aromatic heterocycles. The second-order valence-electron chi connectivity index (χ2n) is 11.2. The molecule has 0 spiro atoms. The van der Waals surface area contributed by atoms with Crippen LogP contribution in [0, 0.1) is 24.1 Å². The molecule has 2 N–H and O–H groups in total. The smallest absolute Gasteiger partial charge is 0.415 e. The maximum atomic E-state index is 16.3. The average molecular weight is 614 g/mol. The van der Waals surface area contributed by atoms with Crippen molar-refractivity contribution < 1.29 is 23.1 Å². The number of aliphatic hydroxyl groups excluding tert-OH is 1. The van der Waals surface area contributed by atoms with E-state index < -0.39 is 42.5 Å². The van der Waals surface area contributed by atoms with Crippen LogP contribution in [0.2, 0.25) is 0 Å². The van der Waals surface area contributed by atoms with Crippen molar-refractivity contribution >= 4 is 39.2 Å². The number of ether oxygens (including phenoxy) is 1. The summed E-state index contributed by atoms with van der Waals surface area (Å²) in [6.07, 6.45) is -0.0121. The van der Waals surface area contributed by atoms with Gasteiger partial charge in [0.25, 0.3) is 5.56 Å². The Morgan fingerprint density at radius 3 is 2.73 bits per heavy atom. The molecular formula is C30H27FN10O4. The average Bonchev–Trinajstić information content (AvgIpc) is 3.57. The molecule has 0 atom stereocenters. The van der Waals surface area contributed by atoms with Crippen LogP contribution in [0.1, 0.15) is 42.0 Å². The Balaban J connectivity index is 1.69. The molecule has 14 nitrogen and oxygen atoms in total. The molecule has 0 aliphatic rings. The number of hydrogen-bond donors (Lipinski definition) is 2. The lowest BCUT2D eigenvalue weighted by Crippen LogP contribution is -2.35. The van der Waals surface area contributed by atoms with Gasteiger partial charge >= 0.3 is 6.09 Å². The summed E-state index contributed by atoms with van der Waals surface area (Å²) in [4.78, 5) is 31.3. The molecule has 0 saturated carbocycles. The maximum Gasteiger partial charge on any atom is 0.415 e. The van der Waals surface area contributed by atoms with Crippen LogP contribution in [0.15, 0.2) is 35.3 Å². The number of rotatable bonds is 4. The first kappa shape index (κ1) is 25.7. The quantitative estimate of drug-likeness (QED) is 0.297. The molecule has 0 unspecified atom stereocenters. The number of fused-ring (bicyclic) bond motifs is 4. The predicted molar refractivity (Wildman–Crippen MR) is 162 cm³/mol. The first-order valence-corrected chi connectivity index (χ1v) is 13.5. The summed E-state index contributed by atoms with van der Waals surface area (Å²) in [5.74, 6) is -0.944. The minimum atomic E-state index is -3.21. The molecule has 0 radical (unpaired) electrons. The highest BCUT2D eigenvalue weighted by Crippen LogP contribution is 2.40. The molecule has 1 aromatic carbocycles. The van der Waals surface area contributed by atoms with E-state index in [0.717, 1.165) is 0 Å². The van der Waals surface area contributed by atoms with Crippen molar-refractivity contribution in [2.75, 3.05) is 11.9 Å². The van der Waals surface area contributed by atoms with E-state index in [4.69, 9.17) is 8.85 Å². The molecule has 15 heteroatoms. The molecule has 0 bridgehead atoms. The molecule has 5 heterocycles. The number of nitriles is 1. The van der Waals surface area contributed by atoms with Crippen molar-refractivity contribution in [3.8, 4) is 28.6 Å². The fourth-order valence-corrected chi connectivity index (χ4v) is 5.25. The second kappa shape index (κ2) is 10.5. The van der Waals surface area contributed by atoms with Crippen LogP contribution in [-0.4, -0.2) is 63.3 Å². The number of aryl methyl sites for hydroxylation is 2. The number of benzene rings is 1. The molecule has 0 aliphatic carbocycles. The summed E-state index contributed by atoms with van der Waals surface area (Å²) in [5, 5.41) is 39.0. The number of amides is 1. The van der Waals surface area contributed by atoms with Crippen molar-refractivity contribution in [3.05, 3.63) is 63.7 Å². The topological polar surface area (TPSA) is 180 Å². The van der Waals surface area contributed by atoms with Gasteiger partial charge in [0.05, 0.1) is 51.9 Å².